The van der Waals surface area contributed by atoms with Crippen LogP contribution < -0.4 is 9.47 Å². The van der Waals surface area contributed by atoms with Crippen molar-refractivity contribution in [1.82, 2.24) is 9.78 Å². The van der Waals surface area contributed by atoms with E-state index in [0.29, 0.717) is 32.7 Å². The van der Waals surface area contributed by atoms with Gasteiger partial charge in [-0.3, -0.25) is 19.6 Å². The zero-order valence-corrected chi connectivity index (χ0v) is 18.1. The maximum atomic E-state index is 12.4. The zero-order chi connectivity index (χ0) is 22.5. The van der Waals surface area contributed by atoms with Gasteiger partial charge < -0.3 is 9.47 Å². The maximum absolute atomic E-state index is 12.4. The molecule has 1 heterocycles. The second kappa shape index (κ2) is 9.63. The Morgan fingerprint density at radius 1 is 1.26 bits per heavy atom. The number of carbonyl (C=O) groups excluding carboxylic acids is 1. The molecule has 0 aliphatic carbocycles. The van der Waals surface area contributed by atoms with E-state index in [2.05, 4.69) is 5.10 Å². The molecule has 0 unspecified atom stereocenters. The molecule has 2 aromatic carbocycles. The molecule has 0 aliphatic heterocycles. The van der Waals surface area contributed by atoms with E-state index in [1.807, 2.05) is 0 Å². The molecule has 0 radical (unpaired) electrons. The molecule has 1 aromatic heterocycles. The lowest BCUT2D eigenvalue weighted by Crippen LogP contribution is -2.01. The number of allylic oxidation sites excluding steroid dienone is 1. The minimum absolute atomic E-state index is 0.143. The molecule has 0 spiro atoms. The van der Waals surface area contributed by atoms with Gasteiger partial charge in [-0.25, -0.2) is 0 Å². The first-order chi connectivity index (χ1) is 14.8. The van der Waals surface area contributed by atoms with Gasteiger partial charge in [-0.15, -0.1) is 0 Å². The summed E-state index contributed by atoms with van der Waals surface area (Å²) in [6.45, 7) is 0.143. The molecule has 0 fully saturated rings. The number of hydrogen-bond acceptors (Lipinski definition) is 6. The quantitative estimate of drug-likeness (QED) is 0.200. The molecule has 160 valence electrons. The monoisotopic (exact) mass is 461 g/mol. The Morgan fingerprint density at radius 3 is 2.74 bits per heavy atom. The lowest BCUT2D eigenvalue weighted by atomic mass is 10.1. The summed E-state index contributed by atoms with van der Waals surface area (Å²) < 4.78 is 12.4. The lowest BCUT2D eigenvalue weighted by Gasteiger charge is -2.12. The van der Waals surface area contributed by atoms with E-state index in [-0.39, 0.29) is 18.0 Å². The Labute approximate surface area is 187 Å². The van der Waals surface area contributed by atoms with Gasteiger partial charge in [0.05, 0.1) is 17.1 Å². The number of rotatable bonds is 8. The Kier molecular flexibility index (Phi) is 6.94. The zero-order valence-electron chi connectivity index (χ0n) is 16.5. The third-order valence-corrected chi connectivity index (χ3v) is 5.07. The molecule has 0 N–H and O–H groups in total. The molecule has 3 aromatic rings. The van der Waals surface area contributed by atoms with Crippen molar-refractivity contribution in [2.45, 2.75) is 6.61 Å². The SMILES string of the molecule is COc1ccc(/C=C/C(=O)c2nn(C)cc2[N+](=O)[O-])cc1COc1cccc(Cl)c1Cl. The fourth-order valence-electron chi connectivity index (χ4n) is 2.80. The van der Waals surface area contributed by atoms with Crippen LogP contribution in [-0.4, -0.2) is 27.6 Å². The molecule has 0 aliphatic rings. The fourth-order valence-corrected chi connectivity index (χ4v) is 3.15. The number of halogens is 2. The number of aromatic nitrogens is 2. The predicted molar refractivity (Wildman–Crippen MR) is 117 cm³/mol. The third kappa shape index (κ3) is 5.22. The molecule has 8 nitrogen and oxygen atoms in total. The number of nitrogens with zero attached hydrogens (tertiary/aromatic N) is 3. The van der Waals surface area contributed by atoms with Crippen LogP contribution in [-0.2, 0) is 13.7 Å². The van der Waals surface area contributed by atoms with Crippen molar-refractivity contribution in [3.8, 4) is 11.5 Å². The first-order valence-corrected chi connectivity index (χ1v) is 9.70. The van der Waals surface area contributed by atoms with Crippen LogP contribution in [0.5, 0.6) is 11.5 Å². The number of methoxy groups -OCH3 is 1. The number of benzene rings is 2. The van der Waals surface area contributed by atoms with Crippen LogP contribution in [0.25, 0.3) is 6.08 Å². The highest BCUT2D eigenvalue weighted by molar-refractivity contribution is 6.42. The van der Waals surface area contributed by atoms with Gasteiger partial charge in [0, 0.05) is 12.6 Å². The van der Waals surface area contributed by atoms with Crippen LogP contribution >= 0.6 is 23.2 Å². The van der Waals surface area contributed by atoms with Crippen molar-refractivity contribution in [2.24, 2.45) is 7.05 Å². The van der Waals surface area contributed by atoms with Crippen LogP contribution in [0, 0.1) is 10.1 Å². The van der Waals surface area contributed by atoms with Crippen LogP contribution in [0.15, 0.2) is 48.7 Å². The van der Waals surface area contributed by atoms with Gasteiger partial charge in [0.25, 0.3) is 0 Å². The molecule has 0 bridgehead atoms. The Morgan fingerprint density at radius 2 is 2.03 bits per heavy atom. The highest BCUT2D eigenvalue weighted by atomic mass is 35.5. The average Bonchev–Trinajstić information content (AvgIpc) is 3.15. The van der Waals surface area contributed by atoms with E-state index in [9.17, 15) is 14.9 Å². The third-order valence-electron chi connectivity index (χ3n) is 4.27. The van der Waals surface area contributed by atoms with Crippen LogP contribution in [0.4, 0.5) is 5.69 Å². The number of hydrogen-bond donors (Lipinski definition) is 0. The van der Waals surface area contributed by atoms with E-state index in [4.69, 9.17) is 32.7 Å². The summed E-state index contributed by atoms with van der Waals surface area (Å²) in [6, 6.07) is 10.3. The van der Waals surface area contributed by atoms with Gasteiger partial charge in [-0.05, 0) is 35.9 Å². The van der Waals surface area contributed by atoms with Gasteiger partial charge >= 0.3 is 5.69 Å². The van der Waals surface area contributed by atoms with Gasteiger partial charge in [0.15, 0.2) is 0 Å². The van der Waals surface area contributed by atoms with E-state index in [0.717, 1.165) is 0 Å². The van der Waals surface area contributed by atoms with E-state index in [1.165, 1.54) is 37.2 Å². The standard InChI is InChI=1S/C21H17Cl2N3O5/c1-25-11-16(26(28)29)21(24-25)17(27)8-6-13-7-9-18(30-2)14(10-13)12-31-19-5-3-4-15(22)20(19)23/h3-11H,12H2,1-2H3/b8-6+. The van der Waals surface area contributed by atoms with E-state index < -0.39 is 10.7 Å². The molecular weight excluding hydrogens is 445 g/mol. The molecule has 3 rings (SSSR count). The molecule has 0 saturated carbocycles. The molecule has 31 heavy (non-hydrogen) atoms. The normalized spacial score (nSPS) is 11.0. The van der Waals surface area contributed by atoms with Crippen molar-refractivity contribution in [3.63, 3.8) is 0 Å². The van der Waals surface area contributed by atoms with Gasteiger partial charge in [0.2, 0.25) is 11.5 Å². The Hall–Kier alpha value is -3.36. The van der Waals surface area contributed by atoms with Gasteiger partial charge in [-0.2, -0.15) is 5.10 Å². The highest BCUT2D eigenvalue weighted by Gasteiger charge is 2.23. The molecular formula is C21H17Cl2N3O5. The predicted octanol–water partition coefficient (Wildman–Crippen LogP) is 5.12. The minimum Gasteiger partial charge on any atom is -0.496 e. The summed E-state index contributed by atoms with van der Waals surface area (Å²) in [5.41, 5.74) is 0.802. The second-order valence-electron chi connectivity index (χ2n) is 6.40. The first kappa shape index (κ1) is 22.3. The van der Waals surface area contributed by atoms with Crippen LogP contribution in [0.1, 0.15) is 21.6 Å². The van der Waals surface area contributed by atoms with Gasteiger partial charge in [-0.1, -0.05) is 41.4 Å². The number of ether oxygens (including phenoxy) is 2. The fraction of sp³-hybridized carbons (Fsp3) is 0.143. The smallest absolute Gasteiger partial charge is 0.318 e. The number of nitro groups is 1. The number of aryl methyl sites for hydroxylation is 1. The van der Waals surface area contributed by atoms with Crippen molar-refractivity contribution < 1.29 is 19.2 Å². The molecule has 0 atom stereocenters. The van der Waals surface area contributed by atoms with Crippen LogP contribution in [0.2, 0.25) is 10.0 Å². The van der Waals surface area contributed by atoms with Crippen molar-refractivity contribution in [2.75, 3.05) is 7.11 Å². The maximum Gasteiger partial charge on any atom is 0.318 e. The van der Waals surface area contributed by atoms with E-state index >= 15 is 0 Å². The summed E-state index contributed by atoms with van der Waals surface area (Å²) in [7, 11) is 3.04. The topological polar surface area (TPSA) is 96.5 Å². The molecule has 0 saturated heterocycles. The summed E-state index contributed by atoms with van der Waals surface area (Å²) in [6.07, 6.45) is 3.95. The van der Waals surface area contributed by atoms with Gasteiger partial charge in [0.1, 0.15) is 29.3 Å². The largest absolute Gasteiger partial charge is 0.496 e. The van der Waals surface area contributed by atoms with Crippen LogP contribution in [0.3, 0.4) is 0 Å². The Bertz CT molecular complexity index is 1170. The van der Waals surface area contributed by atoms with Crippen molar-refractivity contribution in [3.05, 3.63) is 85.7 Å². The average molecular weight is 462 g/mol. The minimum atomic E-state index is -0.641. The summed E-state index contributed by atoms with van der Waals surface area (Å²) in [4.78, 5) is 22.9. The van der Waals surface area contributed by atoms with E-state index in [1.54, 1.807) is 36.4 Å². The number of ketones is 1. The Balaban J connectivity index is 1.81. The summed E-state index contributed by atoms with van der Waals surface area (Å²) in [5.74, 6) is 0.434. The molecule has 10 heteroatoms. The highest BCUT2D eigenvalue weighted by Crippen LogP contribution is 2.32. The number of carbonyl (C=O) groups is 1. The summed E-state index contributed by atoms with van der Waals surface area (Å²) in [5, 5.41) is 15.7. The van der Waals surface area contributed by atoms with Crippen molar-refractivity contribution >= 4 is 40.7 Å². The second-order valence-corrected chi connectivity index (χ2v) is 7.19. The lowest BCUT2D eigenvalue weighted by molar-refractivity contribution is -0.385. The first-order valence-electron chi connectivity index (χ1n) is 8.94. The molecule has 0 amide bonds. The summed E-state index contributed by atoms with van der Waals surface area (Å²) >= 11 is 12.2. The van der Waals surface area contributed by atoms with Crippen molar-refractivity contribution in [1.29, 1.82) is 0 Å².